The summed E-state index contributed by atoms with van der Waals surface area (Å²) in [6.45, 7) is 0. The van der Waals surface area contributed by atoms with Crippen LogP contribution < -0.4 is 0 Å². The molecule has 0 aliphatic carbocycles. The average Bonchev–Trinajstić information content (AvgIpc) is 1.72. The maximum absolute atomic E-state index is 2.00. The summed E-state index contributed by atoms with van der Waals surface area (Å²) in [4.78, 5) is 0. The van der Waals surface area contributed by atoms with Gasteiger partial charge in [0.2, 0.25) is 0 Å². The molecule has 0 spiro atoms. The summed E-state index contributed by atoms with van der Waals surface area (Å²) in [6, 6.07) is 12.0. The first-order chi connectivity index (χ1) is 3.00. The van der Waals surface area contributed by atoms with Crippen LogP contribution in [0.25, 0.3) is 0 Å². The zero-order valence-corrected chi connectivity index (χ0v) is 9.46. The van der Waals surface area contributed by atoms with Crippen molar-refractivity contribution >= 4 is 8.41 Å². The van der Waals surface area contributed by atoms with Gasteiger partial charge in [-0.25, -0.2) is 0 Å². The number of benzene rings is 1. The topological polar surface area (TPSA) is 0 Å². The fourth-order valence-corrected chi connectivity index (χ4v) is 0.385. The van der Waals surface area contributed by atoms with E-state index in [0.29, 0.717) is 0 Å². The van der Waals surface area contributed by atoms with Crippen LogP contribution in [-0.4, -0.2) is 8.41 Å². The smallest absolute Gasteiger partial charge is 0 e. The van der Waals surface area contributed by atoms with Crippen molar-refractivity contribution in [2.45, 2.75) is 0 Å². The molecule has 4 radical (unpaired) electrons. The summed E-state index contributed by atoms with van der Waals surface area (Å²) in [7, 11) is 0. The second-order valence-corrected chi connectivity index (χ2v) is 1.15. The van der Waals surface area contributed by atoms with Crippen LogP contribution >= 0.6 is 0 Å². The Morgan fingerprint density at radius 3 is 0.700 bits per heavy atom. The zero-order chi connectivity index (χ0) is 4.24. The minimum absolute atomic E-state index is 0. The van der Waals surface area contributed by atoms with Crippen molar-refractivity contribution in [3.63, 3.8) is 0 Å². The standard InChI is InChI=1S/C6H6.2CH3.B.Y/c1-2-4-6-5-3-1;;;;/h1-6H;2*1H3;;/q;2*-1;;. The Balaban J connectivity index is -0.0000000450. The molecule has 0 heterocycles. The second kappa shape index (κ2) is 16.2. The van der Waals surface area contributed by atoms with Gasteiger partial charge in [-0.05, 0) is 0 Å². The van der Waals surface area contributed by atoms with Gasteiger partial charge in [-0.2, -0.15) is 0 Å². The van der Waals surface area contributed by atoms with Crippen LogP contribution in [0.4, 0.5) is 0 Å². The van der Waals surface area contributed by atoms with Crippen molar-refractivity contribution < 1.29 is 32.7 Å². The maximum Gasteiger partial charge on any atom is 0 e. The van der Waals surface area contributed by atoms with Gasteiger partial charge in [-0.3, -0.25) is 0 Å². The molecular weight excluding hydrogens is 196 g/mol. The summed E-state index contributed by atoms with van der Waals surface area (Å²) in [5, 5.41) is 0. The molecular formula is C8H12BY-2. The van der Waals surface area contributed by atoms with Gasteiger partial charge in [-0.1, -0.05) is 36.4 Å². The van der Waals surface area contributed by atoms with E-state index in [4.69, 9.17) is 0 Å². The molecule has 0 amide bonds. The molecule has 1 rings (SSSR count). The summed E-state index contributed by atoms with van der Waals surface area (Å²) >= 11 is 0. The van der Waals surface area contributed by atoms with Crippen LogP contribution in [0.15, 0.2) is 36.4 Å². The molecule has 0 saturated heterocycles. The molecule has 0 atom stereocenters. The van der Waals surface area contributed by atoms with E-state index in [1.165, 1.54) is 0 Å². The first-order valence-electron chi connectivity index (χ1n) is 2.00. The molecule has 0 aliphatic rings. The van der Waals surface area contributed by atoms with Crippen LogP contribution in [0.1, 0.15) is 0 Å². The fourth-order valence-electron chi connectivity index (χ4n) is 0.385. The maximum atomic E-state index is 2.00. The van der Waals surface area contributed by atoms with Crippen LogP contribution in [0.3, 0.4) is 0 Å². The quantitative estimate of drug-likeness (QED) is 0.452. The van der Waals surface area contributed by atoms with Crippen molar-refractivity contribution in [2.24, 2.45) is 0 Å². The summed E-state index contributed by atoms with van der Waals surface area (Å²) < 4.78 is 0. The zero-order valence-electron chi connectivity index (χ0n) is 6.62. The normalized spacial score (nSPS) is 4.80. The van der Waals surface area contributed by atoms with Crippen molar-refractivity contribution in [3.8, 4) is 0 Å². The molecule has 0 saturated carbocycles. The summed E-state index contributed by atoms with van der Waals surface area (Å²) in [6.07, 6.45) is 0. The minimum Gasteiger partial charge on any atom is -0.358 e. The SMILES string of the molecule is [B].[CH3-].[CH3-].[Y].c1ccccc1. The van der Waals surface area contributed by atoms with Crippen molar-refractivity contribution in [3.05, 3.63) is 51.3 Å². The third kappa shape index (κ3) is 11.2. The number of hydrogen-bond acceptors (Lipinski definition) is 0. The van der Waals surface area contributed by atoms with E-state index in [0.717, 1.165) is 0 Å². The van der Waals surface area contributed by atoms with E-state index in [1.54, 1.807) is 0 Å². The predicted octanol–water partition coefficient (Wildman–Crippen LogP) is 2.20. The van der Waals surface area contributed by atoms with Crippen LogP contribution in [0, 0.1) is 14.9 Å². The van der Waals surface area contributed by atoms with E-state index in [2.05, 4.69) is 0 Å². The van der Waals surface area contributed by atoms with E-state index in [1.807, 2.05) is 36.4 Å². The van der Waals surface area contributed by atoms with Gasteiger partial charge in [-0.15, -0.1) is 0 Å². The van der Waals surface area contributed by atoms with Gasteiger partial charge in [0, 0.05) is 41.1 Å². The molecule has 0 bridgehead atoms. The second-order valence-electron chi connectivity index (χ2n) is 1.15. The van der Waals surface area contributed by atoms with Crippen molar-refractivity contribution in [2.75, 3.05) is 0 Å². The molecule has 0 N–H and O–H groups in total. The fraction of sp³-hybridized carbons (Fsp3) is 0. The van der Waals surface area contributed by atoms with Crippen molar-refractivity contribution in [1.29, 1.82) is 0 Å². The Labute approximate surface area is 91.9 Å². The molecule has 0 aromatic heterocycles. The molecule has 0 unspecified atom stereocenters. The average molecular weight is 208 g/mol. The molecule has 0 aliphatic heterocycles. The Morgan fingerprint density at radius 2 is 0.600 bits per heavy atom. The first-order valence-corrected chi connectivity index (χ1v) is 2.00. The van der Waals surface area contributed by atoms with E-state index >= 15 is 0 Å². The van der Waals surface area contributed by atoms with Gasteiger partial charge in [0.05, 0.1) is 0 Å². The monoisotopic (exact) mass is 208 g/mol. The first kappa shape index (κ1) is 22.4. The third-order valence-corrected chi connectivity index (χ3v) is 0.667. The Hall–Kier alpha value is 0.389. The van der Waals surface area contributed by atoms with Gasteiger partial charge < -0.3 is 14.9 Å². The van der Waals surface area contributed by atoms with Gasteiger partial charge in [0.1, 0.15) is 0 Å². The van der Waals surface area contributed by atoms with E-state index in [9.17, 15) is 0 Å². The summed E-state index contributed by atoms with van der Waals surface area (Å²) in [5.41, 5.74) is 0. The predicted molar refractivity (Wildman–Crippen MR) is 45.0 cm³/mol. The molecule has 10 heavy (non-hydrogen) atoms. The third-order valence-electron chi connectivity index (χ3n) is 0.667. The molecule has 0 nitrogen and oxygen atoms in total. The minimum atomic E-state index is 0. The molecule has 1 aromatic carbocycles. The molecule has 0 fully saturated rings. The number of hydrogen-bond donors (Lipinski definition) is 0. The van der Waals surface area contributed by atoms with Gasteiger partial charge in [0.25, 0.3) is 0 Å². The Morgan fingerprint density at radius 1 is 0.500 bits per heavy atom. The Bertz CT molecular complexity index is 81.2. The van der Waals surface area contributed by atoms with Gasteiger partial charge in [0.15, 0.2) is 0 Å². The van der Waals surface area contributed by atoms with E-state index in [-0.39, 0.29) is 56.0 Å². The Kier molecular flexibility index (Phi) is 36.3. The number of rotatable bonds is 0. The van der Waals surface area contributed by atoms with Crippen LogP contribution in [-0.2, 0) is 32.7 Å². The molecule has 2 heteroatoms. The van der Waals surface area contributed by atoms with Crippen molar-refractivity contribution in [1.82, 2.24) is 0 Å². The van der Waals surface area contributed by atoms with Crippen LogP contribution in [0.5, 0.6) is 0 Å². The molecule has 1 aromatic rings. The largest absolute Gasteiger partial charge is 0.358 e. The van der Waals surface area contributed by atoms with E-state index < -0.39 is 0 Å². The van der Waals surface area contributed by atoms with Crippen LogP contribution in [0.2, 0.25) is 0 Å². The van der Waals surface area contributed by atoms with Gasteiger partial charge >= 0.3 is 0 Å². The summed E-state index contributed by atoms with van der Waals surface area (Å²) in [5.74, 6) is 0. The molecule has 52 valence electrons.